The van der Waals surface area contributed by atoms with Gasteiger partial charge in [-0.2, -0.15) is 0 Å². The predicted octanol–water partition coefficient (Wildman–Crippen LogP) is 3.40. The van der Waals surface area contributed by atoms with Gasteiger partial charge in [-0.25, -0.2) is 4.79 Å². The molecule has 3 nitrogen and oxygen atoms in total. The van der Waals surface area contributed by atoms with Crippen LogP contribution in [0.4, 0.5) is 0 Å². The van der Waals surface area contributed by atoms with E-state index in [1.807, 2.05) is 0 Å². The third-order valence-electron chi connectivity index (χ3n) is 1.57. The number of hydrogen-bond donors (Lipinski definition) is 1. The van der Waals surface area contributed by atoms with Gasteiger partial charge in [-0.3, -0.25) is 0 Å². The summed E-state index contributed by atoms with van der Waals surface area (Å²) in [5.41, 5.74) is 0.289. The highest BCUT2D eigenvalue weighted by molar-refractivity contribution is 9.11. The van der Waals surface area contributed by atoms with Crippen LogP contribution in [-0.2, 0) is 4.79 Å². The monoisotopic (exact) mass is 334 g/mol. The van der Waals surface area contributed by atoms with Gasteiger partial charge in [-0.15, -0.1) is 0 Å². The second-order valence-corrected chi connectivity index (χ2v) is 4.53. The topological polar surface area (TPSA) is 46.5 Å². The van der Waals surface area contributed by atoms with E-state index < -0.39 is 5.97 Å². The first-order valence-electron chi connectivity index (χ1n) is 3.98. The van der Waals surface area contributed by atoms with Crippen LogP contribution in [0.3, 0.4) is 0 Å². The maximum Gasteiger partial charge on any atom is 0.338 e. The van der Waals surface area contributed by atoms with E-state index in [1.54, 1.807) is 13.0 Å². The van der Waals surface area contributed by atoms with Crippen molar-refractivity contribution in [1.29, 1.82) is 0 Å². The van der Waals surface area contributed by atoms with E-state index in [2.05, 4.69) is 38.4 Å². The molecule has 0 amide bonds. The quantitative estimate of drug-likeness (QED) is 0.512. The fourth-order valence-corrected chi connectivity index (χ4v) is 1.90. The molecule has 0 spiro atoms. The van der Waals surface area contributed by atoms with E-state index in [-0.39, 0.29) is 17.1 Å². The molecule has 0 bridgehead atoms. The van der Waals surface area contributed by atoms with Crippen LogP contribution in [0.5, 0.6) is 11.5 Å². The number of phenolic OH excluding ortho intramolecular Hbond substituents is 1. The van der Waals surface area contributed by atoms with Crippen LogP contribution in [0.15, 0.2) is 33.2 Å². The molecule has 0 aliphatic rings. The summed E-state index contributed by atoms with van der Waals surface area (Å²) in [4.78, 5) is 11.3. The number of carbonyl (C=O) groups is 1. The zero-order chi connectivity index (χ0) is 11.6. The summed E-state index contributed by atoms with van der Waals surface area (Å²) < 4.78 is 5.92. The Hall–Kier alpha value is -0.810. The van der Waals surface area contributed by atoms with Crippen LogP contribution in [0.1, 0.15) is 6.92 Å². The molecule has 1 aromatic rings. The van der Waals surface area contributed by atoms with Crippen molar-refractivity contribution < 1.29 is 14.6 Å². The molecule has 0 atom stereocenters. The fourth-order valence-electron chi connectivity index (χ4n) is 0.795. The Morgan fingerprint density at radius 2 is 2.07 bits per heavy atom. The Bertz CT molecular complexity index is 427. The number of rotatable bonds is 2. The molecule has 0 saturated heterocycles. The molecule has 0 aliphatic heterocycles. The standard InChI is InChI=1S/C10H8Br2O3/c1-5(2)10(14)15-9-6(11)3-4-7(13)8(9)12/h3-4,13H,1H2,2H3. The van der Waals surface area contributed by atoms with E-state index in [4.69, 9.17) is 4.74 Å². The molecule has 1 aromatic carbocycles. The highest BCUT2D eigenvalue weighted by Crippen LogP contribution is 2.39. The maximum absolute atomic E-state index is 11.3. The summed E-state index contributed by atoms with van der Waals surface area (Å²) in [7, 11) is 0. The Balaban J connectivity index is 3.09. The number of carbonyl (C=O) groups excluding carboxylic acids is 1. The van der Waals surface area contributed by atoms with Gasteiger partial charge in [0.15, 0.2) is 5.75 Å². The molecule has 0 aromatic heterocycles. The van der Waals surface area contributed by atoms with Crippen molar-refractivity contribution in [2.24, 2.45) is 0 Å². The van der Waals surface area contributed by atoms with Crippen molar-refractivity contribution in [2.75, 3.05) is 0 Å². The molecule has 1 rings (SSSR count). The number of esters is 1. The number of halogens is 2. The molecule has 0 aliphatic carbocycles. The number of benzene rings is 1. The van der Waals surface area contributed by atoms with Gasteiger partial charge in [0.25, 0.3) is 0 Å². The van der Waals surface area contributed by atoms with Crippen LogP contribution in [0, 0.1) is 0 Å². The summed E-state index contributed by atoms with van der Waals surface area (Å²) in [6.45, 7) is 5.01. The largest absolute Gasteiger partial charge is 0.507 e. The SMILES string of the molecule is C=C(C)C(=O)Oc1c(Br)ccc(O)c1Br. The molecule has 80 valence electrons. The van der Waals surface area contributed by atoms with Crippen molar-refractivity contribution >= 4 is 37.8 Å². The lowest BCUT2D eigenvalue weighted by atomic mass is 10.3. The third kappa shape index (κ3) is 2.82. The zero-order valence-corrected chi connectivity index (χ0v) is 11.1. The molecule has 1 N–H and O–H groups in total. The highest BCUT2D eigenvalue weighted by Gasteiger charge is 2.14. The van der Waals surface area contributed by atoms with Gasteiger partial charge in [-0.05, 0) is 50.9 Å². The fraction of sp³-hybridized carbons (Fsp3) is 0.100. The lowest BCUT2D eigenvalue weighted by Crippen LogP contribution is -2.09. The molecule has 0 unspecified atom stereocenters. The number of phenols is 1. The van der Waals surface area contributed by atoms with Gasteiger partial charge < -0.3 is 9.84 Å². The van der Waals surface area contributed by atoms with Crippen molar-refractivity contribution in [3.8, 4) is 11.5 Å². The normalized spacial score (nSPS) is 9.80. The van der Waals surface area contributed by atoms with Crippen molar-refractivity contribution in [3.63, 3.8) is 0 Å². The lowest BCUT2D eigenvalue weighted by molar-refractivity contribution is -0.130. The van der Waals surface area contributed by atoms with Gasteiger partial charge in [0, 0.05) is 5.57 Å². The Labute approximate surface area is 104 Å². The third-order valence-corrected chi connectivity index (χ3v) is 2.96. The number of hydrogen-bond acceptors (Lipinski definition) is 3. The Kier molecular flexibility index (Phi) is 3.93. The number of aromatic hydroxyl groups is 1. The van der Waals surface area contributed by atoms with Gasteiger partial charge in [0.1, 0.15) is 10.2 Å². The maximum atomic E-state index is 11.3. The summed E-state index contributed by atoms with van der Waals surface area (Å²) in [5, 5.41) is 9.39. The summed E-state index contributed by atoms with van der Waals surface area (Å²) in [5.74, 6) is -0.298. The molecule has 0 heterocycles. The summed E-state index contributed by atoms with van der Waals surface area (Å²) in [6, 6.07) is 3.06. The van der Waals surface area contributed by atoms with Gasteiger partial charge in [-0.1, -0.05) is 6.58 Å². The minimum Gasteiger partial charge on any atom is -0.507 e. The van der Waals surface area contributed by atoms with Crippen LogP contribution in [-0.4, -0.2) is 11.1 Å². The van der Waals surface area contributed by atoms with E-state index in [0.29, 0.717) is 8.95 Å². The average molecular weight is 336 g/mol. The molecule has 0 fully saturated rings. The average Bonchev–Trinajstić information content (AvgIpc) is 2.18. The molecule has 0 radical (unpaired) electrons. The molecule has 15 heavy (non-hydrogen) atoms. The van der Waals surface area contributed by atoms with Crippen molar-refractivity contribution in [2.45, 2.75) is 6.92 Å². The Morgan fingerprint density at radius 1 is 1.47 bits per heavy atom. The molecular weight excluding hydrogens is 328 g/mol. The zero-order valence-electron chi connectivity index (χ0n) is 7.88. The molecule has 0 saturated carbocycles. The smallest absolute Gasteiger partial charge is 0.338 e. The van der Waals surface area contributed by atoms with Crippen LogP contribution in [0.25, 0.3) is 0 Å². The summed E-state index contributed by atoms with van der Waals surface area (Å²) in [6.07, 6.45) is 0. The first-order chi connectivity index (χ1) is 6.93. The van der Waals surface area contributed by atoms with Crippen LogP contribution < -0.4 is 4.74 Å². The second kappa shape index (κ2) is 4.81. The first kappa shape index (κ1) is 12.3. The van der Waals surface area contributed by atoms with Crippen LogP contribution in [0.2, 0.25) is 0 Å². The minimum atomic E-state index is -0.540. The summed E-state index contributed by atoms with van der Waals surface area (Å²) >= 11 is 6.33. The minimum absolute atomic E-state index is 0.00251. The van der Waals surface area contributed by atoms with Gasteiger partial charge >= 0.3 is 5.97 Å². The van der Waals surface area contributed by atoms with Gasteiger partial charge in [0.2, 0.25) is 0 Å². The highest BCUT2D eigenvalue weighted by atomic mass is 79.9. The first-order valence-corrected chi connectivity index (χ1v) is 5.56. The lowest BCUT2D eigenvalue weighted by Gasteiger charge is -2.09. The van der Waals surface area contributed by atoms with E-state index in [1.165, 1.54) is 6.07 Å². The van der Waals surface area contributed by atoms with E-state index >= 15 is 0 Å². The molecule has 5 heteroatoms. The van der Waals surface area contributed by atoms with E-state index in [9.17, 15) is 9.90 Å². The second-order valence-electron chi connectivity index (χ2n) is 2.88. The predicted molar refractivity (Wildman–Crippen MR) is 64.0 cm³/mol. The molecular formula is C10H8Br2O3. The van der Waals surface area contributed by atoms with E-state index in [0.717, 1.165) is 0 Å². The van der Waals surface area contributed by atoms with Crippen molar-refractivity contribution in [3.05, 3.63) is 33.2 Å². The van der Waals surface area contributed by atoms with Gasteiger partial charge in [0.05, 0.1) is 4.47 Å². The van der Waals surface area contributed by atoms with Crippen LogP contribution >= 0.6 is 31.9 Å². The van der Waals surface area contributed by atoms with Crippen molar-refractivity contribution in [1.82, 2.24) is 0 Å². The Morgan fingerprint density at radius 3 is 2.60 bits per heavy atom. The number of ether oxygens (including phenoxy) is 1.